The fourth-order valence-corrected chi connectivity index (χ4v) is 1.78. The first-order chi connectivity index (χ1) is 10.1. The molecule has 0 saturated carbocycles. The van der Waals surface area contributed by atoms with E-state index in [9.17, 15) is 4.79 Å². The van der Waals surface area contributed by atoms with Gasteiger partial charge in [0.25, 0.3) is 0 Å². The molecule has 2 rings (SSSR count). The van der Waals surface area contributed by atoms with Crippen LogP contribution >= 0.6 is 0 Å². The van der Waals surface area contributed by atoms with E-state index >= 15 is 0 Å². The fraction of sp³-hybridized carbons (Fsp3) is 0.235. The minimum Gasteiger partial charge on any atom is -0.327 e. The van der Waals surface area contributed by atoms with Gasteiger partial charge in [-0.15, -0.1) is 0 Å². The van der Waals surface area contributed by atoms with E-state index in [0.29, 0.717) is 0 Å². The second-order valence-corrected chi connectivity index (χ2v) is 4.90. The predicted molar refractivity (Wildman–Crippen MR) is 86.3 cm³/mol. The second-order valence-electron chi connectivity index (χ2n) is 4.90. The lowest BCUT2D eigenvalue weighted by atomic mass is 10.1. The Morgan fingerprint density at radius 1 is 1.00 bits per heavy atom. The van der Waals surface area contributed by atoms with E-state index in [2.05, 4.69) is 60.7 Å². The van der Waals surface area contributed by atoms with Crippen LogP contribution in [0.3, 0.4) is 0 Å². The number of amides is 1. The van der Waals surface area contributed by atoms with Gasteiger partial charge in [0.1, 0.15) is 0 Å². The van der Waals surface area contributed by atoms with Gasteiger partial charge in [-0.2, -0.15) is 0 Å². The number of benzene rings is 2. The van der Waals surface area contributed by atoms with Gasteiger partial charge in [0.05, 0.1) is 0 Å². The van der Waals surface area contributed by atoms with Crippen molar-refractivity contribution in [3.63, 3.8) is 0 Å². The minimum atomic E-state index is -0.222. The van der Waals surface area contributed by atoms with Gasteiger partial charge in [-0.1, -0.05) is 60.7 Å². The summed E-state index contributed by atoms with van der Waals surface area (Å²) in [4.78, 5) is 10.3. The van der Waals surface area contributed by atoms with Crippen LogP contribution in [0.15, 0.2) is 60.7 Å². The SMILES string of the molecule is CC(N)CC(=O)NN.c1ccc(Cc2ccccc2)cc1. The predicted octanol–water partition coefficient (Wildman–Crippen LogP) is 1.99. The smallest absolute Gasteiger partial charge is 0.235 e. The average Bonchev–Trinajstić information content (AvgIpc) is 2.49. The zero-order valence-corrected chi connectivity index (χ0v) is 12.3. The molecule has 0 fully saturated rings. The number of carbonyl (C=O) groups is 1. The third-order valence-electron chi connectivity index (χ3n) is 2.76. The number of nitrogens with two attached hydrogens (primary N) is 2. The Kier molecular flexibility index (Phi) is 7.79. The summed E-state index contributed by atoms with van der Waals surface area (Å²) in [6.45, 7) is 1.75. The highest BCUT2D eigenvalue weighted by Crippen LogP contribution is 2.07. The molecule has 1 atom stereocenters. The molecule has 0 aliphatic carbocycles. The lowest BCUT2D eigenvalue weighted by molar-refractivity contribution is -0.121. The summed E-state index contributed by atoms with van der Waals surface area (Å²) in [6, 6.07) is 21.0. The van der Waals surface area contributed by atoms with Crippen molar-refractivity contribution >= 4 is 5.91 Å². The molecule has 4 nitrogen and oxygen atoms in total. The molecule has 0 saturated heterocycles. The van der Waals surface area contributed by atoms with Gasteiger partial charge in [0.15, 0.2) is 0 Å². The quantitative estimate of drug-likeness (QED) is 0.456. The van der Waals surface area contributed by atoms with Crippen LogP contribution in [0.4, 0.5) is 0 Å². The zero-order chi connectivity index (χ0) is 15.5. The molecule has 2 aromatic carbocycles. The van der Waals surface area contributed by atoms with Gasteiger partial charge < -0.3 is 5.73 Å². The second kappa shape index (κ2) is 9.69. The lowest BCUT2D eigenvalue weighted by Crippen LogP contribution is -2.34. The van der Waals surface area contributed by atoms with E-state index in [4.69, 9.17) is 11.6 Å². The van der Waals surface area contributed by atoms with E-state index in [1.54, 1.807) is 6.92 Å². The molecule has 0 bridgehead atoms. The van der Waals surface area contributed by atoms with Gasteiger partial charge in [0.2, 0.25) is 5.91 Å². The third-order valence-corrected chi connectivity index (χ3v) is 2.76. The Morgan fingerprint density at radius 2 is 1.43 bits per heavy atom. The van der Waals surface area contributed by atoms with Crippen LogP contribution in [-0.2, 0) is 11.2 Å². The van der Waals surface area contributed by atoms with Crippen molar-refractivity contribution in [3.8, 4) is 0 Å². The Hall–Kier alpha value is -2.17. The summed E-state index contributed by atoms with van der Waals surface area (Å²) in [5.74, 6) is 4.54. The maximum Gasteiger partial charge on any atom is 0.235 e. The van der Waals surface area contributed by atoms with Crippen molar-refractivity contribution in [3.05, 3.63) is 71.8 Å². The van der Waals surface area contributed by atoms with Crippen LogP contribution in [0.1, 0.15) is 24.5 Å². The van der Waals surface area contributed by atoms with Gasteiger partial charge >= 0.3 is 0 Å². The number of rotatable bonds is 4. The number of nitrogens with one attached hydrogen (secondary N) is 1. The number of hydrazine groups is 1. The Balaban J connectivity index is 0.000000240. The van der Waals surface area contributed by atoms with Gasteiger partial charge in [-0.25, -0.2) is 5.84 Å². The molecule has 1 unspecified atom stereocenters. The van der Waals surface area contributed by atoms with E-state index in [1.807, 2.05) is 5.43 Å². The summed E-state index contributed by atoms with van der Waals surface area (Å²) in [7, 11) is 0. The molecule has 0 aliphatic rings. The number of hydrogen-bond acceptors (Lipinski definition) is 3. The highest BCUT2D eigenvalue weighted by Gasteiger charge is 2.00. The molecule has 0 spiro atoms. The molecule has 21 heavy (non-hydrogen) atoms. The molecular weight excluding hydrogens is 262 g/mol. The van der Waals surface area contributed by atoms with Gasteiger partial charge in [-0.05, 0) is 24.5 Å². The molecule has 0 aromatic heterocycles. The molecule has 112 valence electrons. The van der Waals surface area contributed by atoms with Crippen molar-refractivity contribution in [2.75, 3.05) is 0 Å². The number of hydrogen-bond donors (Lipinski definition) is 3. The van der Waals surface area contributed by atoms with E-state index in [1.165, 1.54) is 11.1 Å². The fourth-order valence-electron chi connectivity index (χ4n) is 1.78. The average molecular weight is 285 g/mol. The summed E-state index contributed by atoms with van der Waals surface area (Å²) < 4.78 is 0. The molecule has 0 radical (unpaired) electrons. The van der Waals surface area contributed by atoms with Crippen LogP contribution < -0.4 is 17.0 Å². The number of carbonyl (C=O) groups excluding carboxylic acids is 1. The lowest BCUT2D eigenvalue weighted by Gasteiger charge is -2.00. The third kappa shape index (κ3) is 7.87. The van der Waals surface area contributed by atoms with Gasteiger partial charge in [0, 0.05) is 12.5 Å². The first kappa shape index (κ1) is 16.9. The molecule has 2 aromatic rings. The van der Waals surface area contributed by atoms with Crippen molar-refractivity contribution in [1.82, 2.24) is 5.43 Å². The van der Waals surface area contributed by atoms with Crippen LogP contribution in [0, 0.1) is 0 Å². The van der Waals surface area contributed by atoms with Crippen molar-refractivity contribution in [1.29, 1.82) is 0 Å². The molecule has 0 aliphatic heterocycles. The van der Waals surface area contributed by atoms with Crippen molar-refractivity contribution in [2.24, 2.45) is 11.6 Å². The maximum atomic E-state index is 10.3. The Labute approximate surface area is 126 Å². The Bertz CT molecular complexity index is 475. The topological polar surface area (TPSA) is 81.1 Å². The summed E-state index contributed by atoms with van der Waals surface area (Å²) in [6.07, 6.45) is 1.32. The maximum absolute atomic E-state index is 10.3. The minimum absolute atomic E-state index is 0.112. The largest absolute Gasteiger partial charge is 0.327 e. The van der Waals surface area contributed by atoms with Crippen LogP contribution in [0.5, 0.6) is 0 Å². The molecule has 4 heteroatoms. The van der Waals surface area contributed by atoms with Gasteiger partial charge in [-0.3, -0.25) is 10.2 Å². The Morgan fingerprint density at radius 3 is 1.71 bits per heavy atom. The van der Waals surface area contributed by atoms with Crippen molar-refractivity contribution in [2.45, 2.75) is 25.8 Å². The van der Waals surface area contributed by atoms with Crippen LogP contribution in [-0.4, -0.2) is 11.9 Å². The highest BCUT2D eigenvalue weighted by molar-refractivity contribution is 5.75. The van der Waals surface area contributed by atoms with Crippen LogP contribution in [0.25, 0.3) is 0 Å². The van der Waals surface area contributed by atoms with E-state index < -0.39 is 0 Å². The van der Waals surface area contributed by atoms with Crippen molar-refractivity contribution < 1.29 is 4.79 Å². The first-order valence-electron chi connectivity index (χ1n) is 6.94. The van der Waals surface area contributed by atoms with E-state index in [-0.39, 0.29) is 18.4 Å². The molecular formula is C17H23N3O. The zero-order valence-electron chi connectivity index (χ0n) is 12.3. The molecule has 5 N–H and O–H groups in total. The molecule has 1 amide bonds. The normalized spacial score (nSPS) is 11.0. The summed E-state index contributed by atoms with van der Waals surface area (Å²) >= 11 is 0. The standard InChI is InChI=1S/C13H12.C4H11N3O/c1-3-7-12(8-4-1)11-13-9-5-2-6-10-13;1-3(5)2-4(8)7-6/h1-10H,11H2;3H,2,5-6H2,1H3,(H,7,8). The van der Waals surface area contributed by atoms with Crippen LogP contribution in [0.2, 0.25) is 0 Å². The monoisotopic (exact) mass is 285 g/mol. The van der Waals surface area contributed by atoms with E-state index in [0.717, 1.165) is 6.42 Å². The summed E-state index contributed by atoms with van der Waals surface area (Å²) in [5.41, 5.74) is 9.97. The highest BCUT2D eigenvalue weighted by atomic mass is 16.2. The molecule has 0 heterocycles. The first-order valence-corrected chi connectivity index (χ1v) is 6.94. The summed E-state index contributed by atoms with van der Waals surface area (Å²) in [5, 5.41) is 0.